The Kier molecular flexibility index (Phi) is 5.16. The molecule has 0 bridgehead atoms. The van der Waals surface area contributed by atoms with Gasteiger partial charge in [0.15, 0.2) is 0 Å². The Morgan fingerprint density at radius 2 is 1.94 bits per heavy atom. The van der Waals surface area contributed by atoms with Crippen LogP contribution in [-0.4, -0.2) is 24.6 Å². The number of halogens is 3. The molecule has 0 spiro atoms. The maximum atomic E-state index is 6.15. The maximum Gasteiger partial charge on any atom is 0.0484 e. The van der Waals surface area contributed by atoms with Gasteiger partial charge in [-0.2, -0.15) is 0 Å². The molecule has 1 N–H and O–H groups in total. The van der Waals surface area contributed by atoms with Crippen molar-refractivity contribution < 1.29 is 4.74 Å². The first-order valence-corrected chi connectivity index (χ1v) is 7.27. The van der Waals surface area contributed by atoms with Crippen molar-refractivity contribution in [1.82, 2.24) is 5.32 Å². The zero-order valence-electron chi connectivity index (χ0n) is 10.0. The molecule has 18 heavy (non-hydrogen) atoms. The molecular formula is C13H16Cl3NO. The molecule has 1 aliphatic rings. The number of ether oxygens (including phenoxy) is 1. The van der Waals surface area contributed by atoms with Crippen molar-refractivity contribution in [2.45, 2.75) is 24.9 Å². The van der Waals surface area contributed by atoms with E-state index in [0.29, 0.717) is 22.5 Å². The summed E-state index contributed by atoms with van der Waals surface area (Å²) in [5.74, 6) is 0.585. The van der Waals surface area contributed by atoms with E-state index >= 15 is 0 Å². The second-order valence-electron chi connectivity index (χ2n) is 4.62. The topological polar surface area (TPSA) is 21.3 Å². The Hall–Kier alpha value is 0.01000. The molecule has 1 aromatic carbocycles. The second kappa shape index (κ2) is 6.44. The van der Waals surface area contributed by atoms with E-state index in [4.69, 9.17) is 39.5 Å². The highest BCUT2D eigenvalue weighted by molar-refractivity contribution is 6.35. The van der Waals surface area contributed by atoms with Crippen molar-refractivity contribution in [3.63, 3.8) is 0 Å². The fourth-order valence-electron chi connectivity index (χ4n) is 2.07. The molecule has 1 aliphatic heterocycles. The number of benzene rings is 1. The zero-order valence-corrected chi connectivity index (χ0v) is 12.3. The summed E-state index contributed by atoms with van der Waals surface area (Å²) in [6, 6.07) is 5.55. The Morgan fingerprint density at radius 3 is 2.56 bits per heavy atom. The van der Waals surface area contributed by atoms with Crippen LogP contribution in [-0.2, 0) is 11.3 Å². The molecule has 1 heterocycles. The summed E-state index contributed by atoms with van der Waals surface area (Å²) in [5, 5.41) is 4.86. The van der Waals surface area contributed by atoms with E-state index in [1.165, 1.54) is 0 Å². The van der Waals surface area contributed by atoms with Crippen molar-refractivity contribution in [3.05, 3.63) is 33.8 Å². The van der Waals surface area contributed by atoms with E-state index in [9.17, 15) is 0 Å². The second-order valence-corrected chi connectivity index (χ2v) is 5.73. The van der Waals surface area contributed by atoms with E-state index in [1.807, 2.05) is 12.1 Å². The van der Waals surface area contributed by atoms with Crippen LogP contribution in [0.5, 0.6) is 0 Å². The molecule has 0 amide bonds. The highest BCUT2D eigenvalue weighted by Crippen LogP contribution is 2.25. The maximum absolute atomic E-state index is 6.15. The third-order valence-electron chi connectivity index (χ3n) is 3.37. The molecule has 2 nitrogen and oxygen atoms in total. The van der Waals surface area contributed by atoms with Gasteiger partial charge in [-0.3, -0.25) is 0 Å². The summed E-state index contributed by atoms with van der Waals surface area (Å²) >= 11 is 18.1. The van der Waals surface area contributed by atoms with Crippen LogP contribution in [0.15, 0.2) is 18.2 Å². The Morgan fingerprint density at radius 1 is 1.22 bits per heavy atom. The largest absolute Gasteiger partial charge is 0.381 e. The van der Waals surface area contributed by atoms with Crippen LogP contribution >= 0.6 is 34.8 Å². The van der Waals surface area contributed by atoms with E-state index < -0.39 is 0 Å². The van der Waals surface area contributed by atoms with Gasteiger partial charge in [0.2, 0.25) is 0 Å². The van der Waals surface area contributed by atoms with Gasteiger partial charge in [0.1, 0.15) is 0 Å². The first kappa shape index (κ1) is 14.4. The average Bonchev–Trinajstić information content (AvgIpc) is 2.39. The molecule has 2 rings (SSSR count). The Labute approximate surface area is 123 Å². The number of hydrogen-bond acceptors (Lipinski definition) is 2. The predicted molar refractivity (Wildman–Crippen MR) is 76.8 cm³/mol. The van der Waals surface area contributed by atoms with E-state index in [-0.39, 0.29) is 5.54 Å². The SMILES string of the molecule is ClCC1(NCc2ccc(Cl)cc2Cl)CCOCC1. The zero-order chi connectivity index (χ0) is 13.0. The molecule has 100 valence electrons. The summed E-state index contributed by atoms with van der Waals surface area (Å²) in [5.41, 5.74) is 1.00. The van der Waals surface area contributed by atoms with Gasteiger partial charge >= 0.3 is 0 Å². The lowest BCUT2D eigenvalue weighted by atomic mass is 9.92. The summed E-state index contributed by atoms with van der Waals surface area (Å²) < 4.78 is 5.38. The minimum Gasteiger partial charge on any atom is -0.381 e. The van der Waals surface area contributed by atoms with Gasteiger partial charge in [0.05, 0.1) is 0 Å². The Bertz CT molecular complexity index is 405. The number of rotatable bonds is 4. The van der Waals surface area contributed by atoms with E-state index in [2.05, 4.69) is 5.32 Å². The monoisotopic (exact) mass is 307 g/mol. The summed E-state index contributed by atoms with van der Waals surface area (Å²) in [4.78, 5) is 0. The van der Waals surface area contributed by atoms with E-state index in [1.54, 1.807) is 6.07 Å². The van der Waals surface area contributed by atoms with Crippen LogP contribution < -0.4 is 5.32 Å². The molecule has 0 unspecified atom stereocenters. The molecule has 0 atom stereocenters. The highest BCUT2D eigenvalue weighted by atomic mass is 35.5. The lowest BCUT2D eigenvalue weighted by Crippen LogP contribution is -2.50. The normalized spacial score (nSPS) is 18.8. The quantitative estimate of drug-likeness (QED) is 0.853. The molecule has 0 radical (unpaired) electrons. The number of hydrogen-bond donors (Lipinski definition) is 1. The highest BCUT2D eigenvalue weighted by Gasteiger charge is 2.31. The molecule has 1 fully saturated rings. The van der Waals surface area contributed by atoms with Crippen LogP contribution in [0, 0.1) is 0 Å². The van der Waals surface area contributed by atoms with Crippen molar-refractivity contribution in [2.75, 3.05) is 19.1 Å². The standard InChI is InChI=1S/C13H16Cl3NO/c14-9-13(3-5-18-6-4-13)17-8-10-1-2-11(15)7-12(10)16/h1-2,7,17H,3-6,8-9H2. The van der Waals surface area contributed by atoms with Crippen molar-refractivity contribution >= 4 is 34.8 Å². The average molecular weight is 309 g/mol. The van der Waals surface area contributed by atoms with Crippen LogP contribution in [0.25, 0.3) is 0 Å². The molecule has 1 saturated heterocycles. The molecular weight excluding hydrogens is 293 g/mol. The van der Waals surface area contributed by atoms with Crippen LogP contribution in [0.1, 0.15) is 18.4 Å². The third kappa shape index (κ3) is 3.52. The molecule has 0 aliphatic carbocycles. The first-order valence-electron chi connectivity index (χ1n) is 5.98. The fraction of sp³-hybridized carbons (Fsp3) is 0.538. The first-order chi connectivity index (χ1) is 8.65. The van der Waals surface area contributed by atoms with Gasteiger partial charge in [-0.1, -0.05) is 29.3 Å². The van der Waals surface area contributed by atoms with E-state index in [0.717, 1.165) is 31.6 Å². The Balaban J connectivity index is 2.01. The molecule has 1 aromatic rings. The number of nitrogens with one attached hydrogen (secondary N) is 1. The number of alkyl halides is 1. The fourth-order valence-corrected chi connectivity index (χ4v) is 2.90. The molecule has 0 aromatic heterocycles. The third-order valence-corrected chi connectivity index (χ3v) is 4.47. The van der Waals surface area contributed by atoms with Gasteiger partial charge < -0.3 is 10.1 Å². The van der Waals surface area contributed by atoms with Gasteiger partial charge in [-0.25, -0.2) is 0 Å². The van der Waals surface area contributed by atoms with Crippen LogP contribution in [0.4, 0.5) is 0 Å². The van der Waals surface area contributed by atoms with Crippen molar-refractivity contribution in [2.24, 2.45) is 0 Å². The summed E-state index contributed by atoms with van der Waals surface area (Å²) in [6.45, 7) is 2.21. The predicted octanol–water partition coefficient (Wildman–Crippen LogP) is 3.87. The summed E-state index contributed by atoms with van der Waals surface area (Å²) in [6.07, 6.45) is 1.86. The van der Waals surface area contributed by atoms with Crippen molar-refractivity contribution in [3.8, 4) is 0 Å². The smallest absolute Gasteiger partial charge is 0.0484 e. The van der Waals surface area contributed by atoms with Gasteiger partial charge in [0, 0.05) is 41.2 Å². The minimum absolute atomic E-state index is 0.0389. The van der Waals surface area contributed by atoms with Crippen LogP contribution in [0.2, 0.25) is 10.0 Å². The van der Waals surface area contributed by atoms with Gasteiger partial charge in [-0.15, -0.1) is 11.6 Å². The minimum atomic E-state index is -0.0389. The van der Waals surface area contributed by atoms with Crippen LogP contribution in [0.3, 0.4) is 0 Å². The molecule has 0 saturated carbocycles. The van der Waals surface area contributed by atoms with Crippen molar-refractivity contribution in [1.29, 1.82) is 0 Å². The lowest BCUT2D eigenvalue weighted by Gasteiger charge is -2.36. The van der Waals surface area contributed by atoms with Gasteiger partial charge in [0.25, 0.3) is 0 Å². The molecule has 5 heteroatoms. The summed E-state index contributed by atoms with van der Waals surface area (Å²) in [7, 11) is 0. The lowest BCUT2D eigenvalue weighted by molar-refractivity contribution is 0.0459. The van der Waals surface area contributed by atoms with Gasteiger partial charge in [-0.05, 0) is 30.5 Å².